The van der Waals surface area contributed by atoms with E-state index in [1.165, 1.54) is 18.0 Å². The molecular formula is C21H21N5O3S. The first-order chi connectivity index (χ1) is 14.5. The Morgan fingerprint density at radius 3 is 2.63 bits per heavy atom. The molecule has 0 atom stereocenters. The Morgan fingerprint density at radius 1 is 1.27 bits per heavy atom. The van der Waals surface area contributed by atoms with E-state index in [1.54, 1.807) is 23.7 Å². The Morgan fingerprint density at radius 2 is 2.03 bits per heavy atom. The van der Waals surface area contributed by atoms with E-state index < -0.39 is 4.92 Å². The fourth-order valence-corrected chi connectivity index (χ4v) is 4.52. The van der Waals surface area contributed by atoms with Crippen molar-refractivity contribution >= 4 is 23.4 Å². The van der Waals surface area contributed by atoms with Gasteiger partial charge in [-0.25, -0.2) is 0 Å². The highest BCUT2D eigenvalue weighted by Crippen LogP contribution is 2.43. The minimum absolute atomic E-state index is 0.0517. The molecule has 4 rings (SSSR count). The molecule has 0 aliphatic heterocycles. The first-order valence-corrected chi connectivity index (χ1v) is 10.4. The fourth-order valence-electron chi connectivity index (χ4n) is 3.67. The molecule has 1 fully saturated rings. The van der Waals surface area contributed by atoms with Gasteiger partial charge in [0.15, 0.2) is 5.16 Å². The summed E-state index contributed by atoms with van der Waals surface area (Å²) < 4.78 is 1.68. The van der Waals surface area contributed by atoms with Crippen molar-refractivity contribution < 1.29 is 9.72 Å². The van der Waals surface area contributed by atoms with Crippen molar-refractivity contribution in [2.75, 3.05) is 6.54 Å². The molecule has 3 aromatic rings. The van der Waals surface area contributed by atoms with E-state index in [0.717, 1.165) is 31.0 Å². The van der Waals surface area contributed by atoms with E-state index in [4.69, 9.17) is 0 Å². The summed E-state index contributed by atoms with van der Waals surface area (Å²) >= 11 is 1.14. The van der Waals surface area contributed by atoms with Gasteiger partial charge in [-0.05, 0) is 42.3 Å². The molecule has 1 aromatic heterocycles. The molecule has 30 heavy (non-hydrogen) atoms. The Kier molecular flexibility index (Phi) is 5.54. The van der Waals surface area contributed by atoms with Crippen molar-refractivity contribution in [2.45, 2.75) is 34.7 Å². The number of nitro benzene ring substituents is 1. The van der Waals surface area contributed by atoms with E-state index >= 15 is 0 Å². The smallest absolute Gasteiger partial charge is 0.284 e. The number of aryl methyl sites for hydroxylation is 1. The summed E-state index contributed by atoms with van der Waals surface area (Å²) in [5, 5.41) is 22.8. The van der Waals surface area contributed by atoms with Crippen LogP contribution in [0, 0.1) is 10.1 Å². The lowest BCUT2D eigenvalue weighted by molar-refractivity contribution is -0.387. The lowest BCUT2D eigenvalue weighted by Gasteiger charge is -2.42. The molecule has 1 N–H and O–H groups in total. The van der Waals surface area contributed by atoms with Crippen molar-refractivity contribution in [3.05, 3.63) is 76.1 Å². The van der Waals surface area contributed by atoms with Gasteiger partial charge in [-0.1, -0.05) is 36.8 Å². The van der Waals surface area contributed by atoms with Gasteiger partial charge in [0.1, 0.15) is 6.33 Å². The van der Waals surface area contributed by atoms with Gasteiger partial charge in [-0.2, -0.15) is 0 Å². The molecule has 0 unspecified atom stereocenters. The van der Waals surface area contributed by atoms with Crippen LogP contribution in [0.1, 0.15) is 35.2 Å². The number of hydrogen-bond donors (Lipinski definition) is 1. The van der Waals surface area contributed by atoms with Gasteiger partial charge in [0.25, 0.3) is 11.6 Å². The van der Waals surface area contributed by atoms with Crippen LogP contribution < -0.4 is 5.32 Å². The van der Waals surface area contributed by atoms with Gasteiger partial charge in [0.2, 0.25) is 0 Å². The minimum Gasteiger partial charge on any atom is -0.351 e. The summed E-state index contributed by atoms with van der Waals surface area (Å²) in [6, 6.07) is 14.7. The zero-order chi connectivity index (χ0) is 21.1. The number of carbonyl (C=O) groups is 1. The molecule has 2 aromatic carbocycles. The van der Waals surface area contributed by atoms with Gasteiger partial charge in [-0.15, -0.1) is 10.2 Å². The van der Waals surface area contributed by atoms with E-state index in [1.807, 2.05) is 18.2 Å². The van der Waals surface area contributed by atoms with Crippen molar-refractivity contribution in [3.8, 4) is 0 Å². The van der Waals surface area contributed by atoms with Gasteiger partial charge in [0, 0.05) is 30.6 Å². The Labute approximate surface area is 177 Å². The summed E-state index contributed by atoms with van der Waals surface area (Å²) in [6.07, 6.45) is 4.69. The molecule has 0 radical (unpaired) electrons. The second kappa shape index (κ2) is 8.27. The third kappa shape index (κ3) is 3.93. The van der Waals surface area contributed by atoms with Crippen LogP contribution in [0.5, 0.6) is 0 Å². The molecule has 0 bridgehead atoms. The van der Waals surface area contributed by atoms with Crippen molar-refractivity contribution in [2.24, 2.45) is 7.05 Å². The highest BCUT2D eigenvalue weighted by atomic mass is 32.2. The van der Waals surface area contributed by atoms with Gasteiger partial charge in [-0.3, -0.25) is 14.9 Å². The number of benzene rings is 2. The summed E-state index contributed by atoms with van der Waals surface area (Å²) in [5.74, 6) is -0.310. The fraction of sp³-hybridized carbons (Fsp3) is 0.286. The first kappa shape index (κ1) is 20.1. The zero-order valence-electron chi connectivity index (χ0n) is 16.4. The SMILES string of the molecule is Cn1cnnc1Sc1ccc(C(=O)NCC2(c3ccccc3)CCC2)cc1[N+](=O)[O-]. The lowest BCUT2D eigenvalue weighted by atomic mass is 9.64. The van der Waals surface area contributed by atoms with Crippen LogP contribution >= 0.6 is 11.8 Å². The second-order valence-corrected chi connectivity index (χ2v) is 8.46. The summed E-state index contributed by atoms with van der Waals surface area (Å²) in [6.45, 7) is 0.513. The topological polar surface area (TPSA) is 103 Å². The van der Waals surface area contributed by atoms with E-state index in [9.17, 15) is 14.9 Å². The predicted octanol–water partition coefficient (Wildman–Crippen LogP) is 3.73. The van der Waals surface area contributed by atoms with E-state index in [-0.39, 0.29) is 22.6 Å². The van der Waals surface area contributed by atoms with Gasteiger partial charge >= 0.3 is 0 Å². The Hall–Kier alpha value is -3.20. The number of hydrogen-bond acceptors (Lipinski definition) is 6. The maximum absolute atomic E-state index is 12.8. The minimum atomic E-state index is -0.479. The average Bonchev–Trinajstić information content (AvgIpc) is 3.12. The largest absolute Gasteiger partial charge is 0.351 e. The molecule has 1 heterocycles. The summed E-state index contributed by atoms with van der Waals surface area (Å²) in [5.41, 5.74) is 1.31. The van der Waals surface area contributed by atoms with Gasteiger partial charge in [0.05, 0.1) is 9.82 Å². The molecule has 154 valence electrons. The standard InChI is InChI=1S/C21H21N5O3S/c1-25-14-23-24-20(25)30-18-9-8-15(12-17(18)26(28)29)19(27)22-13-21(10-5-11-21)16-6-3-2-4-7-16/h2-4,6-9,12,14H,5,10-11,13H2,1H3,(H,22,27). The molecule has 1 aliphatic carbocycles. The number of nitrogens with one attached hydrogen (secondary N) is 1. The van der Waals surface area contributed by atoms with Crippen molar-refractivity contribution in [3.63, 3.8) is 0 Å². The van der Waals surface area contributed by atoms with Crippen LogP contribution in [0.25, 0.3) is 0 Å². The maximum Gasteiger partial charge on any atom is 0.284 e. The first-order valence-electron chi connectivity index (χ1n) is 9.62. The molecule has 1 saturated carbocycles. The lowest BCUT2D eigenvalue weighted by Crippen LogP contribution is -2.45. The highest BCUT2D eigenvalue weighted by molar-refractivity contribution is 7.99. The molecule has 0 spiro atoms. The van der Waals surface area contributed by atoms with Crippen LogP contribution in [0.2, 0.25) is 0 Å². The molecule has 1 amide bonds. The zero-order valence-corrected chi connectivity index (χ0v) is 17.3. The number of nitro groups is 1. The number of rotatable bonds is 7. The Bertz CT molecular complexity index is 1080. The third-order valence-corrected chi connectivity index (χ3v) is 6.69. The molecule has 0 saturated heterocycles. The summed E-state index contributed by atoms with van der Waals surface area (Å²) in [7, 11) is 1.76. The van der Waals surface area contributed by atoms with Crippen LogP contribution in [-0.2, 0) is 12.5 Å². The van der Waals surface area contributed by atoms with Crippen LogP contribution in [-0.4, -0.2) is 32.1 Å². The monoisotopic (exact) mass is 423 g/mol. The normalized spacial score (nSPS) is 14.7. The van der Waals surface area contributed by atoms with Crippen LogP contribution in [0.4, 0.5) is 5.69 Å². The molecule has 1 aliphatic rings. The van der Waals surface area contributed by atoms with Crippen molar-refractivity contribution in [1.29, 1.82) is 0 Å². The summed E-state index contributed by atoms with van der Waals surface area (Å²) in [4.78, 5) is 24.3. The number of nitrogens with zero attached hydrogens (tertiary/aromatic N) is 4. The number of amides is 1. The maximum atomic E-state index is 12.8. The van der Waals surface area contributed by atoms with Crippen LogP contribution in [0.15, 0.2) is 64.9 Å². The number of aromatic nitrogens is 3. The van der Waals surface area contributed by atoms with E-state index in [2.05, 4.69) is 27.6 Å². The average molecular weight is 423 g/mol. The highest BCUT2D eigenvalue weighted by Gasteiger charge is 2.38. The third-order valence-electron chi connectivity index (χ3n) is 5.57. The van der Waals surface area contributed by atoms with E-state index in [0.29, 0.717) is 16.6 Å². The molecular weight excluding hydrogens is 402 g/mol. The Balaban J connectivity index is 1.51. The van der Waals surface area contributed by atoms with Crippen LogP contribution in [0.3, 0.4) is 0 Å². The second-order valence-electron chi connectivity index (χ2n) is 7.45. The predicted molar refractivity (Wildman–Crippen MR) is 113 cm³/mol. The van der Waals surface area contributed by atoms with Crippen molar-refractivity contribution in [1.82, 2.24) is 20.1 Å². The number of carbonyl (C=O) groups excluding carboxylic acids is 1. The molecule has 8 nitrogen and oxygen atoms in total. The molecule has 9 heteroatoms. The quantitative estimate of drug-likeness (QED) is 0.459. The van der Waals surface area contributed by atoms with Gasteiger partial charge < -0.3 is 9.88 Å².